The summed E-state index contributed by atoms with van der Waals surface area (Å²) in [6.07, 6.45) is 9.99. The summed E-state index contributed by atoms with van der Waals surface area (Å²) in [5.74, 6) is -1.69. The molecule has 0 unspecified atom stereocenters. The van der Waals surface area contributed by atoms with Crippen molar-refractivity contribution in [1.29, 1.82) is 0 Å². The number of aliphatic carboxylic acids is 1. The highest BCUT2D eigenvalue weighted by Gasteiger charge is 2.42. The van der Waals surface area contributed by atoms with Gasteiger partial charge in [0.15, 0.2) is 0 Å². The predicted octanol–water partition coefficient (Wildman–Crippen LogP) is 8.37. The second-order valence-corrected chi connectivity index (χ2v) is 12.2. The molecule has 1 amide bonds. The van der Waals surface area contributed by atoms with E-state index in [-0.39, 0.29) is 43.1 Å². The summed E-state index contributed by atoms with van der Waals surface area (Å²) in [7, 11) is 0. The van der Waals surface area contributed by atoms with Crippen LogP contribution in [-0.2, 0) is 17.9 Å². The molecule has 1 aliphatic heterocycles. The number of halogens is 1. The summed E-state index contributed by atoms with van der Waals surface area (Å²) in [5, 5.41) is 18.9. The first-order chi connectivity index (χ1) is 20.8. The number of unbranched alkanes of at least 4 members (excludes halogenated alkanes) is 4. The Morgan fingerprint density at radius 2 is 1.09 bits per heavy atom. The molecule has 8 heteroatoms. The van der Waals surface area contributed by atoms with Crippen LogP contribution < -0.4 is 0 Å². The predicted molar refractivity (Wildman–Crippen MR) is 191 cm³/mol. The second-order valence-electron chi connectivity index (χ2n) is 12.2. The number of nitrogens with zero attached hydrogens (tertiary/aromatic N) is 3. The molecular weight excluding hydrogens is 665 g/mol. The van der Waals surface area contributed by atoms with Crippen molar-refractivity contribution in [3.8, 4) is 0 Å². The third kappa shape index (κ3) is 13.9. The van der Waals surface area contributed by atoms with Gasteiger partial charge in [0, 0.05) is 32.2 Å². The highest BCUT2D eigenvalue weighted by Crippen LogP contribution is 2.26. The lowest BCUT2D eigenvalue weighted by Gasteiger charge is -2.39. The minimum absolute atomic E-state index is 0. The molecule has 2 aromatic rings. The molecule has 0 aliphatic carbocycles. The number of carboxylic acid groups (broad SMARTS) is 2. The number of carboxylic acids is 1. The van der Waals surface area contributed by atoms with E-state index in [1.165, 1.54) is 86.9 Å². The van der Waals surface area contributed by atoms with Gasteiger partial charge in [0.05, 0.1) is 32.1 Å². The second kappa shape index (κ2) is 22.4. The summed E-state index contributed by atoms with van der Waals surface area (Å²) in [4.78, 5) is 26.4. The van der Waals surface area contributed by atoms with Gasteiger partial charge in [-0.3, -0.25) is 9.69 Å². The molecule has 1 saturated heterocycles. The third-order valence-electron chi connectivity index (χ3n) is 8.75. The summed E-state index contributed by atoms with van der Waals surface area (Å²) in [6.45, 7) is 16.4. The molecule has 0 saturated carbocycles. The van der Waals surface area contributed by atoms with Crippen molar-refractivity contribution in [1.82, 2.24) is 9.80 Å². The Bertz CT molecular complexity index is 961. The van der Waals surface area contributed by atoms with Crippen LogP contribution in [0, 0.1) is 5.92 Å². The molecule has 1 aliphatic rings. The van der Waals surface area contributed by atoms with Crippen molar-refractivity contribution in [2.24, 2.45) is 5.92 Å². The SMILES string of the molecule is CCCC[N+](CCCC)(CCCC)CCCC.I.O=C(O)[C@@H]1CN(C(=O)O)C[C@H]1N(Cc1ccccc1)Cc1ccccc1. The number of amides is 1. The quantitative estimate of drug-likeness (QED) is 0.119. The van der Waals surface area contributed by atoms with Crippen LogP contribution in [0.5, 0.6) is 0 Å². The number of rotatable bonds is 18. The van der Waals surface area contributed by atoms with Gasteiger partial charge in [-0.2, -0.15) is 0 Å². The lowest BCUT2D eigenvalue weighted by atomic mass is 10.0. The van der Waals surface area contributed by atoms with E-state index in [0.29, 0.717) is 13.1 Å². The fourth-order valence-electron chi connectivity index (χ4n) is 6.13. The van der Waals surface area contributed by atoms with Crippen LogP contribution in [0.1, 0.15) is 90.2 Å². The molecule has 0 spiro atoms. The summed E-state index contributed by atoms with van der Waals surface area (Å²) < 4.78 is 1.42. The van der Waals surface area contributed by atoms with Gasteiger partial charge >= 0.3 is 12.1 Å². The molecule has 0 aromatic heterocycles. The first-order valence-electron chi connectivity index (χ1n) is 16.7. The van der Waals surface area contributed by atoms with Gasteiger partial charge in [-0.1, -0.05) is 114 Å². The first-order valence-corrected chi connectivity index (χ1v) is 16.7. The van der Waals surface area contributed by atoms with Crippen LogP contribution in [0.25, 0.3) is 0 Å². The summed E-state index contributed by atoms with van der Waals surface area (Å²) in [6, 6.07) is 19.3. The lowest BCUT2D eigenvalue weighted by Crippen LogP contribution is -2.50. The van der Waals surface area contributed by atoms with Crippen LogP contribution in [0.15, 0.2) is 60.7 Å². The van der Waals surface area contributed by atoms with E-state index in [1.807, 2.05) is 60.7 Å². The molecule has 44 heavy (non-hydrogen) atoms. The Balaban J connectivity index is 0.000000473. The molecule has 2 aromatic carbocycles. The highest BCUT2D eigenvalue weighted by atomic mass is 127. The van der Waals surface area contributed by atoms with Crippen molar-refractivity contribution in [2.75, 3.05) is 39.3 Å². The van der Waals surface area contributed by atoms with E-state index >= 15 is 0 Å². The average Bonchev–Trinajstić information content (AvgIpc) is 3.48. The Labute approximate surface area is 284 Å². The fourth-order valence-corrected chi connectivity index (χ4v) is 6.13. The van der Waals surface area contributed by atoms with Crippen molar-refractivity contribution >= 4 is 36.0 Å². The lowest BCUT2D eigenvalue weighted by molar-refractivity contribution is -0.929. The molecule has 2 N–H and O–H groups in total. The number of hydrogen-bond donors (Lipinski definition) is 2. The Kier molecular flexibility index (Phi) is 20.2. The van der Waals surface area contributed by atoms with Gasteiger partial charge < -0.3 is 19.6 Å². The molecule has 0 bridgehead atoms. The number of hydrogen-bond acceptors (Lipinski definition) is 3. The van der Waals surface area contributed by atoms with Crippen molar-refractivity contribution in [2.45, 2.75) is 98.2 Å². The van der Waals surface area contributed by atoms with Gasteiger partial charge in [-0.25, -0.2) is 4.79 Å². The number of quaternary nitrogens is 1. The van der Waals surface area contributed by atoms with Gasteiger partial charge in [-0.05, 0) is 36.8 Å². The zero-order valence-electron chi connectivity index (χ0n) is 27.7. The van der Waals surface area contributed by atoms with Gasteiger partial charge in [-0.15, -0.1) is 24.0 Å². The van der Waals surface area contributed by atoms with E-state index in [2.05, 4.69) is 32.6 Å². The van der Waals surface area contributed by atoms with Crippen LogP contribution in [0.3, 0.4) is 0 Å². The van der Waals surface area contributed by atoms with Crippen LogP contribution >= 0.6 is 24.0 Å². The van der Waals surface area contributed by atoms with E-state index in [1.54, 1.807) is 0 Å². The number of benzene rings is 2. The largest absolute Gasteiger partial charge is 0.481 e. The maximum Gasteiger partial charge on any atom is 0.407 e. The summed E-state index contributed by atoms with van der Waals surface area (Å²) in [5.41, 5.74) is 2.14. The Hall–Kier alpha value is -2.17. The van der Waals surface area contributed by atoms with Gasteiger partial charge in [0.1, 0.15) is 0 Å². The zero-order valence-corrected chi connectivity index (χ0v) is 30.0. The molecule has 0 radical (unpaired) electrons. The fraction of sp³-hybridized carbons (Fsp3) is 0.611. The smallest absolute Gasteiger partial charge is 0.407 e. The monoisotopic (exact) mass is 724 g/mol. The molecule has 1 heterocycles. The molecule has 248 valence electrons. The van der Waals surface area contributed by atoms with Crippen molar-refractivity contribution in [3.63, 3.8) is 0 Å². The molecule has 7 nitrogen and oxygen atoms in total. The Morgan fingerprint density at radius 1 is 0.705 bits per heavy atom. The molecular formula is C36H59IN3O4+. The maximum absolute atomic E-state index is 11.7. The third-order valence-corrected chi connectivity index (χ3v) is 8.75. The van der Waals surface area contributed by atoms with E-state index in [0.717, 1.165) is 11.1 Å². The highest BCUT2D eigenvalue weighted by molar-refractivity contribution is 14.0. The van der Waals surface area contributed by atoms with E-state index in [9.17, 15) is 19.8 Å². The van der Waals surface area contributed by atoms with E-state index in [4.69, 9.17) is 0 Å². The van der Waals surface area contributed by atoms with Crippen LogP contribution in [-0.4, -0.2) is 81.9 Å². The van der Waals surface area contributed by atoms with E-state index < -0.39 is 18.0 Å². The Morgan fingerprint density at radius 3 is 1.41 bits per heavy atom. The number of likely N-dealkylation sites (tertiary alicyclic amines) is 1. The van der Waals surface area contributed by atoms with Crippen molar-refractivity contribution in [3.05, 3.63) is 71.8 Å². The standard InChI is InChI=1S/C20H22N2O4.C16H36N.HI/c23-19(24)17-13-22(20(25)26)14-18(17)21(11-15-7-3-1-4-8-15)12-16-9-5-2-6-10-16;1-5-9-13-17(14-10-6-2,15-11-7-3)16-12-8-4;/h1-10,17-18H,11-14H2,(H,23,24)(H,25,26);5-16H2,1-4H3;1H/q;+1;/t17-,18-;;/m1../s1. The zero-order chi connectivity index (χ0) is 31.5. The minimum Gasteiger partial charge on any atom is -0.481 e. The van der Waals surface area contributed by atoms with Gasteiger partial charge in [0.2, 0.25) is 0 Å². The van der Waals surface area contributed by atoms with Crippen LogP contribution in [0.2, 0.25) is 0 Å². The number of carbonyl (C=O) groups is 2. The van der Waals surface area contributed by atoms with Crippen molar-refractivity contribution < 1.29 is 24.3 Å². The maximum atomic E-state index is 11.7. The molecule has 1 fully saturated rings. The van der Waals surface area contributed by atoms with Gasteiger partial charge in [0.25, 0.3) is 0 Å². The minimum atomic E-state index is -1.07. The average molecular weight is 725 g/mol. The normalized spacial score (nSPS) is 16.2. The first kappa shape index (κ1) is 39.9. The molecule has 3 rings (SSSR count). The van der Waals surface area contributed by atoms with Crippen LogP contribution in [0.4, 0.5) is 4.79 Å². The topological polar surface area (TPSA) is 81.1 Å². The molecule has 2 atom stereocenters. The summed E-state index contributed by atoms with van der Waals surface area (Å²) >= 11 is 0.